The second kappa shape index (κ2) is 7.29. The number of rotatable bonds is 6. The Hall–Kier alpha value is -1.05. The van der Waals surface area contributed by atoms with Crippen molar-refractivity contribution in [2.24, 2.45) is 0 Å². The van der Waals surface area contributed by atoms with Crippen molar-refractivity contribution in [3.05, 3.63) is 38.7 Å². The molecule has 1 atom stereocenters. The van der Waals surface area contributed by atoms with Crippen molar-refractivity contribution in [1.82, 2.24) is 20.1 Å². The average molecular weight is 371 g/mol. The van der Waals surface area contributed by atoms with E-state index < -0.39 is 0 Å². The van der Waals surface area contributed by atoms with Crippen molar-refractivity contribution in [1.29, 1.82) is 0 Å². The van der Waals surface area contributed by atoms with Crippen LogP contribution in [-0.2, 0) is 6.54 Å². The lowest BCUT2D eigenvalue weighted by atomic mass is 10.1. The Labute approximate surface area is 136 Å². The Morgan fingerprint density at radius 3 is 2.86 bits per heavy atom. The molecule has 0 aliphatic rings. The van der Waals surface area contributed by atoms with Crippen molar-refractivity contribution < 1.29 is 0 Å². The average Bonchev–Trinajstić information content (AvgIpc) is 2.81. The van der Waals surface area contributed by atoms with Crippen LogP contribution in [-0.4, -0.2) is 21.3 Å². The highest BCUT2D eigenvalue weighted by atomic mass is 79.9. The zero-order valence-corrected chi connectivity index (χ0v) is 14.7. The third kappa shape index (κ3) is 3.78. The number of nitrogens with zero attached hydrogens (tertiary/aromatic N) is 2. The van der Waals surface area contributed by atoms with E-state index in [1.165, 1.54) is 17.3 Å². The standard InChI is InChI=1S/C14H19BrN4OS/c1-4-16-9(3)10-6-7-12(11(15)8-10)21-14-18-17-13(20)19(14)5-2/h6-9,16H,4-5H2,1-3H3,(H,17,20). The number of aromatic nitrogens is 3. The van der Waals surface area contributed by atoms with Crippen LogP contribution in [0, 0.1) is 0 Å². The molecule has 0 saturated heterocycles. The van der Waals surface area contributed by atoms with Crippen molar-refractivity contribution >= 4 is 27.7 Å². The smallest absolute Gasteiger partial charge is 0.310 e. The SMILES string of the molecule is CCNC(C)c1ccc(Sc2n[nH]c(=O)n2CC)c(Br)c1. The second-order valence-corrected chi connectivity index (χ2v) is 6.49. The summed E-state index contributed by atoms with van der Waals surface area (Å²) in [6.45, 7) is 7.70. The molecule has 0 saturated carbocycles. The molecule has 1 unspecified atom stereocenters. The van der Waals surface area contributed by atoms with E-state index in [2.05, 4.69) is 63.5 Å². The summed E-state index contributed by atoms with van der Waals surface area (Å²) in [5, 5.41) is 10.6. The van der Waals surface area contributed by atoms with Crippen molar-refractivity contribution in [2.75, 3.05) is 6.54 Å². The molecular formula is C14H19BrN4OS. The van der Waals surface area contributed by atoms with Crippen LogP contribution in [0.15, 0.2) is 37.5 Å². The Balaban J connectivity index is 2.23. The maximum Gasteiger partial charge on any atom is 0.343 e. The van der Waals surface area contributed by atoms with E-state index in [-0.39, 0.29) is 5.69 Å². The third-order valence-electron chi connectivity index (χ3n) is 3.21. The van der Waals surface area contributed by atoms with E-state index in [9.17, 15) is 4.79 Å². The van der Waals surface area contributed by atoms with E-state index in [4.69, 9.17) is 0 Å². The number of hydrogen-bond acceptors (Lipinski definition) is 4. The minimum Gasteiger partial charge on any atom is -0.310 e. The first kappa shape index (κ1) is 16.3. The summed E-state index contributed by atoms with van der Waals surface area (Å²) in [7, 11) is 0. The van der Waals surface area contributed by atoms with Gasteiger partial charge in [0.2, 0.25) is 0 Å². The normalized spacial score (nSPS) is 12.6. The number of nitrogens with one attached hydrogen (secondary N) is 2. The van der Waals surface area contributed by atoms with Crippen LogP contribution in [0.1, 0.15) is 32.4 Å². The fourth-order valence-corrected chi connectivity index (χ4v) is 3.59. The number of benzene rings is 1. The molecule has 2 aromatic rings. The zero-order chi connectivity index (χ0) is 15.4. The molecule has 0 aliphatic carbocycles. The van der Waals surface area contributed by atoms with Crippen molar-refractivity contribution in [2.45, 2.75) is 43.4 Å². The number of H-pyrrole nitrogens is 1. The molecule has 0 fully saturated rings. The lowest BCUT2D eigenvalue weighted by Gasteiger charge is -2.14. The highest BCUT2D eigenvalue weighted by molar-refractivity contribution is 9.10. The lowest BCUT2D eigenvalue weighted by molar-refractivity contribution is 0.597. The molecule has 0 bridgehead atoms. The maximum absolute atomic E-state index is 11.6. The van der Waals surface area contributed by atoms with Gasteiger partial charge in [-0.05, 0) is 65.8 Å². The summed E-state index contributed by atoms with van der Waals surface area (Å²) >= 11 is 5.08. The van der Waals surface area contributed by atoms with Gasteiger partial charge in [0, 0.05) is 22.0 Å². The van der Waals surface area contributed by atoms with E-state index in [1.807, 2.05) is 6.92 Å². The monoisotopic (exact) mass is 370 g/mol. The van der Waals surface area contributed by atoms with Crippen LogP contribution in [0.4, 0.5) is 0 Å². The van der Waals surface area contributed by atoms with Crippen LogP contribution < -0.4 is 11.0 Å². The van der Waals surface area contributed by atoms with Gasteiger partial charge in [0.05, 0.1) is 0 Å². The van der Waals surface area contributed by atoms with E-state index in [0.717, 1.165) is 15.9 Å². The topological polar surface area (TPSA) is 62.7 Å². The first-order valence-corrected chi connectivity index (χ1v) is 8.53. The van der Waals surface area contributed by atoms with Crippen molar-refractivity contribution in [3.8, 4) is 0 Å². The molecule has 114 valence electrons. The predicted molar refractivity (Wildman–Crippen MR) is 88.9 cm³/mol. The van der Waals surface area contributed by atoms with E-state index in [0.29, 0.717) is 17.7 Å². The molecule has 0 radical (unpaired) electrons. The summed E-state index contributed by atoms with van der Waals surface area (Å²) in [6.07, 6.45) is 0. The molecule has 2 N–H and O–H groups in total. The molecule has 0 spiro atoms. The van der Waals surface area contributed by atoms with E-state index in [1.54, 1.807) is 4.57 Å². The molecule has 1 heterocycles. The summed E-state index contributed by atoms with van der Waals surface area (Å²) in [5.41, 5.74) is 1.05. The van der Waals surface area contributed by atoms with Gasteiger partial charge in [-0.15, -0.1) is 5.10 Å². The molecule has 0 aliphatic heterocycles. The Kier molecular flexibility index (Phi) is 5.66. The first-order valence-electron chi connectivity index (χ1n) is 6.92. The van der Waals surface area contributed by atoms with Gasteiger partial charge < -0.3 is 5.32 Å². The summed E-state index contributed by atoms with van der Waals surface area (Å²) in [4.78, 5) is 12.6. The Morgan fingerprint density at radius 2 is 2.24 bits per heavy atom. The molecule has 0 amide bonds. The predicted octanol–water partition coefficient (Wildman–Crippen LogP) is 3.18. The van der Waals surface area contributed by atoms with Gasteiger partial charge in [-0.2, -0.15) is 0 Å². The van der Waals surface area contributed by atoms with Crippen molar-refractivity contribution in [3.63, 3.8) is 0 Å². The Morgan fingerprint density at radius 1 is 1.48 bits per heavy atom. The van der Waals surface area contributed by atoms with Crippen LogP contribution in [0.25, 0.3) is 0 Å². The van der Waals surface area contributed by atoms with Gasteiger partial charge in [0.15, 0.2) is 5.16 Å². The van der Waals surface area contributed by atoms with Gasteiger partial charge >= 0.3 is 5.69 Å². The largest absolute Gasteiger partial charge is 0.343 e. The molecule has 2 rings (SSSR count). The van der Waals surface area contributed by atoms with Gasteiger partial charge in [-0.3, -0.25) is 4.57 Å². The van der Waals surface area contributed by atoms with Gasteiger partial charge in [0.1, 0.15) is 0 Å². The van der Waals surface area contributed by atoms with Gasteiger partial charge in [-0.1, -0.05) is 13.0 Å². The van der Waals surface area contributed by atoms with Gasteiger partial charge in [0.25, 0.3) is 0 Å². The highest BCUT2D eigenvalue weighted by Gasteiger charge is 2.12. The summed E-state index contributed by atoms with van der Waals surface area (Å²) in [5.74, 6) is 0. The molecule has 7 heteroatoms. The third-order valence-corrected chi connectivity index (χ3v) is 5.20. The van der Waals surface area contributed by atoms with Crippen LogP contribution in [0.5, 0.6) is 0 Å². The second-order valence-electron chi connectivity index (χ2n) is 4.63. The van der Waals surface area contributed by atoms with Crippen LogP contribution >= 0.6 is 27.7 Å². The minimum absolute atomic E-state index is 0.173. The Bertz CT molecular complexity index is 667. The summed E-state index contributed by atoms with van der Waals surface area (Å²) < 4.78 is 2.62. The molecule has 1 aromatic heterocycles. The fraction of sp³-hybridized carbons (Fsp3) is 0.429. The molecule has 1 aromatic carbocycles. The van der Waals surface area contributed by atoms with Crippen LogP contribution in [0.2, 0.25) is 0 Å². The maximum atomic E-state index is 11.6. The quantitative estimate of drug-likeness (QED) is 0.819. The number of halogens is 1. The molecule has 21 heavy (non-hydrogen) atoms. The minimum atomic E-state index is -0.173. The lowest BCUT2D eigenvalue weighted by Crippen LogP contribution is -2.17. The van der Waals surface area contributed by atoms with E-state index >= 15 is 0 Å². The van der Waals surface area contributed by atoms with Gasteiger partial charge in [-0.25, -0.2) is 9.89 Å². The summed E-state index contributed by atoms with van der Waals surface area (Å²) in [6, 6.07) is 6.57. The first-order chi connectivity index (χ1) is 10.1. The number of aromatic amines is 1. The molecule has 5 nitrogen and oxygen atoms in total. The zero-order valence-electron chi connectivity index (χ0n) is 12.3. The molecular weight excluding hydrogens is 352 g/mol. The number of hydrogen-bond donors (Lipinski definition) is 2. The fourth-order valence-electron chi connectivity index (χ4n) is 2.05. The highest BCUT2D eigenvalue weighted by Crippen LogP contribution is 2.33. The van der Waals surface area contributed by atoms with Crippen LogP contribution in [0.3, 0.4) is 0 Å².